The maximum Gasteiger partial charge on any atom is 0.136 e. The SMILES string of the molecule is COc1c(I)cccc1[C](C)CF. The van der Waals surface area contributed by atoms with Gasteiger partial charge in [-0.2, -0.15) is 0 Å². The molecule has 0 spiro atoms. The molecule has 0 atom stereocenters. The van der Waals surface area contributed by atoms with Gasteiger partial charge in [-0.15, -0.1) is 0 Å². The lowest BCUT2D eigenvalue weighted by Gasteiger charge is -2.13. The van der Waals surface area contributed by atoms with E-state index in [9.17, 15) is 4.39 Å². The molecule has 71 valence electrons. The zero-order valence-electron chi connectivity index (χ0n) is 7.60. The summed E-state index contributed by atoms with van der Waals surface area (Å²) < 4.78 is 18.6. The Morgan fingerprint density at radius 3 is 2.77 bits per heavy atom. The van der Waals surface area contributed by atoms with E-state index in [0.29, 0.717) is 5.92 Å². The first-order valence-corrected chi connectivity index (χ1v) is 4.99. The molecule has 1 rings (SSSR count). The van der Waals surface area contributed by atoms with Gasteiger partial charge in [0.15, 0.2) is 0 Å². The molecule has 1 nitrogen and oxygen atoms in total. The third-order valence-electron chi connectivity index (χ3n) is 1.83. The van der Waals surface area contributed by atoms with Crippen LogP contribution in [0.1, 0.15) is 12.5 Å². The van der Waals surface area contributed by atoms with E-state index in [-0.39, 0.29) is 0 Å². The van der Waals surface area contributed by atoms with Crippen LogP contribution < -0.4 is 4.74 Å². The van der Waals surface area contributed by atoms with E-state index in [1.54, 1.807) is 14.0 Å². The fourth-order valence-corrected chi connectivity index (χ4v) is 1.84. The summed E-state index contributed by atoms with van der Waals surface area (Å²) in [6, 6.07) is 5.71. The molecular formula is C10H11FIO. The van der Waals surface area contributed by atoms with E-state index < -0.39 is 6.67 Å². The van der Waals surface area contributed by atoms with Gasteiger partial charge in [0.25, 0.3) is 0 Å². The molecule has 0 unspecified atom stereocenters. The van der Waals surface area contributed by atoms with Crippen molar-refractivity contribution in [2.24, 2.45) is 0 Å². The summed E-state index contributed by atoms with van der Waals surface area (Å²) in [5, 5.41) is 0. The first-order chi connectivity index (χ1) is 6.20. The fourth-order valence-electron chi connectivity index (χ4n) is 1.12. The van der Waals surface area contributed by atoms with Crippen molar-refractivity contribution >= 4 is 22.6 Å². The number of ether oxygens (including phenoxy) is 1. The highest BCUT2D eigenvalue weighted by Gasteiger charge is 2.13. The Morgan fingerprint density at radius 1 is 1.54 bits per heavy atom. The van der Waals surface area contributed by atoms with Crippen molar-refractivity contribution in [2.45, 2.75) is 6.92 Å². The number of para-hydroxylation sites is 1. The largest absolute Gasteiger partial charge is 0.495 e. The summed E-state index contributed by atoms with van der Waals surface area (Å²) in [6.07, 6.45) is 0. The van der Waals surface area contributed by atoms with Crippen molar-refractivity contribution in [3.63, 3.8) is 0 Å². The van der Waals surface area contributed by atoms with Crippen LogP contribution in [0.3, 0.4) is 0 Å². The number of hydrogen-bond acceptors (Lipinski definition) is 1. The molecule has 0 amide bonds. The van der Waals surface area contributed by atoms with Crippen LogP contribution in [0.4, 0.5) is 4.39 Å². The quantitative estimate of drug-likeness (QED) is 0.778. The zero-order chi connectivity index (χ0) is 9.84. The molecule has 1 aromatic carbocycles. The molecule has 0 aliphatic heterocycles. The van der Waals surface area contributed by atoms with Crippen LogP contribution in [0, 0.1) is 9.49 Å². The predicted octanol–water partition coefficient (Wildman–Crippen LogP) is 3.21. The standard InChI is InChI=1S/C10H11FIO/c1-7(6-11)8-4-3-5-9(12)10(8)13-2/h3-5H,6H2,1-2H3. The lowest BCUT2D eigenvalue weighted by Crippen LogP contribution is -2.01. The number of methoxy groups -OCH3 is 1. The molecule has 0 saturated heterocycles. The zero-order valence-corrected chi connectivity index (χ0v) is 9.76. The van der Waals surface area contributed by atoms with Gasteiger partial charge in [0.05, 0.1) is 17.4 Å². The minimum absolute atomic E-state index is 0.434. The smallest absolute Gasteiger partial charge is 0.136 e. The summed E-state index contributed by atoms with van der Waals surface area (Å²) in [5.41, 5.74) is 0.858. The highest BCUT2D eigenvalue weighted by Crippen LogP contribution is 2.30. The molecule has 0 N–H and O–H groups in total. The topological polar surface area (TPSA) is 9.23 Å². The number of benzene rings is 1. The van der Waals surface area contributed by atoms with E-state index in [4.69, 9.17) is 4.74 Å². The van der Waals surface area contributed by atoms with Gasteiger partial charge < -0.3 is 4.74 Å². The van der Waals surface area contributed by atoms with Crippen LogP contribution >= 0.6 is 22.6 Å². The van der Waals surface area contributed by atoms with Gasteiger partial charge in [-0.25, -0.2) is 0 Å². The third-order valence-corrected chi connectivity index (χ3v) is 2.68. The molecule has 0 fully saturated rings. The summed E-state index contributed by atoms with van der Waals surface area (Å²) in [7, 11) is 1.60. The third kappa shape index (κ3) is 2.33. The van der Waals surface area contributed by atoms with Crippen LogP contribution in [0.2, 0.25) is 0 Å². The van der Waals surface area contributed by atoms with E-state index in [2.05, 4.69) is 22.6 Å². The summed E-state index contributed by atoms with van der Waals surface area (Å²) >= 11 is 2.17. The number of halogens is 2. The second-order valence-corrected chi connectivity index (χ2v) is 3.90. The Hall–Kier alpha value is -0.320. The highest BCUT2D eigenvalue weighted by molar-refractivity contribution is 14.1. The lowest BCUT2D eigenvalue weighted by atomic mass is 10.0. The van der Waals surface area contributed by atoms with Crippen LogP contribution in [-0.4, -0.2) is 13.8 Å². The van der Waals surface area contributed by atoms with Crippen LogP contribution in [0.5, 0.6) is 5.75 Å². The molecule has 0 aliphatic rings. The molecule has 13 heavy (non-hydrogen) atoms. The molecule has 1 radical (unpaired) electrons. The monoisotopic (exact) mass is 293 g/mol. The number of alkyl halides is 1. The van der Waals surface area contributed by atoms with Crippen molar-refractivity contribution in [3.05, 3.63) is 33.3 Å². The van der Waals surface area contributed by atoms with Gasteiger partial charge in [-0.05, 0) is 28.7 Å². The van der Waals surface area contributed by atoms with Gasteiger partial charge in [0, 0.05) is 11.5 Å². The Labute approximate surface area is 91.4 Å². The summed E-state index contributed by atoms with van der Waals surface area (Å²) in [5.74, 6) is 1.47. The van der Waals surface area contributed by atoms with Gasteiger partial charge in [-0.3, -0.25) is 4.39 Å². The van der Waals surface area contributed by atoms with Gasteiger partial charge in [0.1, 0.15) is 5.75 Å². The maximum absolute atomic E-state index is 12.4. The molecule has 3 heteroatoms. The number of hydrogen-bond donors (Lipinski definition) is 0. The Bertz CT molecular complexity index is 288. The van der Waals surface area contributed by atoms with Crippen molar-refractivity contribution in [1.29, 1.82) is 0 Å². The van der Waals surface area contributed by atoms with E-state index in [1.807, 2.05) is 18.2 Å². The van der Waals surface area contributed by atoms with Crippen molar-refractivity contribution < 1.29 is 9.13 Å². The molecule has 0 saturated carbocycles. The van der Waals surface area contributed by atoms with Gasteiger partial charge in [-0.1, -0.05) is 19.1 Å². The summed E-state index contributed by atoms with van der Waals surface area (Å²) in [6.45, 7) is 1.34. The Balaban J connectivity index is 3.12. The molecule has 0 aliphatic carbocycles. The molecule has 0 heterocycles. The second-order valence-electron chi connectivity index (χ2n) is 2.73. The highest BCUT2D eigenvalue weighted by atomic mass is 127. The van der Waals surface area contributed by atoms with Crippen molar-refractivity contribution in [3.8, 4) is 5.75 Å². The average Bonchev–Trinajstić information content (AvgIpc) is 2.16. The maximum atomic E-state index is 12.4. The van der Waals surface area contributed by atoms with Crippen LogP contribution in [0.25, 0.3) is 0 Å². The minimum atomic E-state index is -0.434. The van der Waals surface area contributed by atoms with Crippen molar-refractivity contribution in [1.82, 2.24) is 0 Å². The predicted molar refractivity (Wildman–Crippen MR) is 59.7 cm³/mol. The fraction of sp³-hybridized carbons (Fsp3) is 0.300. The van der Waals surface area contributed by atoms with E-state index >= 15 is 0 Å². The Morgan fingerprint density at radius 2 is 2.23 bits per heavy atom. The Kier molecular flexibility index (Phi) is 3.96. The van der Waals surface area contributed by atoms with Gasteiger partial charge in [0.2, 0.25) is 0 Å². The first-order valence-electron chi connectivity index (χ1n) is 3.92. The van der Waals surface area contributed by atoms with Gasteiger partial charge >= 0.3 is 0 Å². The number of rotatable bonds is 3. The van der Waals surface area contributed by atoms with Crippen molar-refractivity contribution in [2.75, 3.05) is 13.8 Å². The average molecular weight is 293 g/mol. The molecule has 1 aromatic rings. The van der Waals surface area contributed by atoms with Crippen LogP contribution in [0.15, 0.2) is 18.2 Å². The minimum Gasteiger partial charge on any atom is -0.495 e. The van der Waals surface area contributed by atoms with E-state index in [0.717, 1.165) is 14.9 Å². The molecular weight excluding hydrogens is 282 g/mol. The van der Waals surface area contributed by atoms with Crippen LogP contribution in [-0.2, 0) is 0 Å². The normalized spacial score (nSPS) is 10.5. The molecule has 0 bridgehead atoms. The summed E-state index contributed by atoms with van der Waals surface area (Å²) in [4.78, 5) is 0. The first kappa shape index (κ1) is 10.8. The second kappa shape index (κ2) is 4.79. The molecule has 0 aromatic heterocycles. The lowest BCUT2D eigenvalue weighted by molar-refractivity contribution is 0.405. The van der Waals surface area contributed by atoms with E-state index in [1.165, 1.54) is 0 Å².